The Morgan fingerprint density at radius 3 is 2.36 bits per heavy atom. The van der Waals surface area contributed by atoms with Crippen molar-refractivity contribution in [2.24, 2.45) is 5.92 Å². The summed E-state index contributed by atoms with van der Waals surface area (Å²) in [6.45, 7) is 5.02. The average molecular weight is 718 g/mol. The number of thiazole rings is 1. The molecule has 1 aromatic carbocycles. The standard InChI is InChI=1S/C35H51N5O9S/c1-24(36-2)32(42)39-30(25-8-4-3-5-9-25)34(43)40-14-7-12-29(40)33-38-28(23-50-33)31(41)26-10-6-11-27(22-26)49-21-20-48-19-18-47-17-16-46-15-13-37-35(44)45/h6,10-11,22-25,29-30,36-37H,3-5,7-9,12-21H2,1-2H3,(H,39,42)(H,44,45)/t24-,29-,30-/m0/s1. The molecular weight excluding hydrogens is 666 g/mol. The maximum absolute atomic E-state index is 14.1. The zero-order valence-electron chi connectivity index (χ0n) is 29.0. The van der Waals surface area contributed by atoms with Gasteiger partial charge in [0, 0.05) is 24.0 Å². The zero-order valence-corrected chi connectivity index (χ0v) is 29.8. The Morgan fingerprint density at radius 2 is 1.66 bits per heavy atom. The Hall–Kier alpha value is -3.63. The average Bonchev–Trinajstić information content (AvgIpc) is 3.82. The highest BCUT2D eigenvalue weighted by atomic mass is 32.1. The number of hydrogen-bond donors (Lipinski definition) is 4. The number of hydrogen-bond acceptors (Lipinski definition) is 11. The third-order valence-corrected chi connectivity index (χ3v) is 9.89. The lowest BCUT2D eigenvalue weighted by molar-refractivity contribution is -0.139. The quantitative estimate of drug-likeness (QED) is 0.110. The van der Waals surface area contributed by atoms with Crippen LogP contribution in [0.3, 0.4) is 0 Å². The van der Waals surface area contributed by atoms with Crippen molar-refractivity contribution in [2.75, 3.05) is 66.4 Å². The molecule has 0 bridgehead atoms. The van der Waals surface area contributed by atoms with E-state index in [1.54, 1.807) is 43.6 Å². The van der Waals surface area contributed by atoms with Crippen LogP contribution in [0.4, 0.5) is 4.79 Å². The van der Waals surface area contributed by atoms with E-state index in [1.165, 1.54) is 11.3 Å². The topological polar surface area (TPSA) is 178 Å². The van der Waals surface area contributed by atoms with E-state index >= 15 is 0 Å². The van der Waals surface area contributed by atoms with Gasteiger partial charge in [-0.1, -0.05) is 31.4 Å². The Balaban J connectivity index is 1.24. The maximum Gasteiger partial charge on any atom is 0.404 e. The Kier molecular flexibility index (Phi) is 16.4. The molecule has 2 heterocycles. The van der Waals surface area contributed by atoms with Crippen molar-refractivity contribution in [3.63, 3.8) is 0 Å². The van der Waals surface area contributed by atoms with Crippen LogP contribution in [-0.2, 0) is 23.8 Å². The zero-order chi connectivity index (χ0) is 35.7. The van der Waals surface area contributed by atoms with Gasteiger partial charge >= 0.3 is 6.09 Å². The second-order valence-electron chi connectivity index (χ2n) is 12.4. The summed E-state index contributed by atoms with van der Waals surface area (Å²) in [4.78, 5) is 57.3. The molecule has 0 spiro atoms. The van der Waals surface area contributed by atoms with Gasteiger partial charge in [-0.15, -0.1) is 11.3 Å². The lowest BCUT2D eigenvalue weighted by Gasteiger charge is -2.35. The molecule has 1 aliphatic heterocycles. The summed E-state index contributed by atoms with van der Waals surface area (Å²) in [5.74, 6) is 0.181. The number of ketones is 1. The predicted octanol–water partition coefficient (Wildman–Crippen LogP) is 3.41. The van der Waals surface area contributed by atoms with Gasteiger partial charge in [0.2, 0.25) is 17.6 Å². The van der Waals surface area contributed by atoms with E-state index < -0.39 is 18.2 Å². The van der Waals surface area contributed by atoms with Gasteiger partial charge in [-0.2, -0.15) is 0 Å². The van der Waals surface area contributed by atoms with Gasteiger partial charge in [-0.25, -0.2) is 9.78 Å². The van der Waals surface area contributed by atoms with E-state index in [2.05, 4.69) is 16.0 Å². The van der Waals surface area contributed by atoms with E-state index in [0.29, 0.717) is 63.2 Å². The van der Waals surface area contributed by atoms with Crippen molar-refractivity contribution in [3.8, 4) is 5.75 Å². The fourth-order valence-corrected chi connectivity index (χ4v) is 7.08. The molecule has 4 rings (SSSR count). The van der Waals surface area contributed by atoms with Crippen molar-refractivity contribution in [1.82, 2.24) is 25.8 Å². The number of aromatic nitrogens is 1. The van der Waals surface area contributed by atoms with Gasteiger partial charge in [0.05, 0.1) is 51.7 Å². The van der Waals surface area contributed by atoms with Crippen LogP contribution in [0.15, 0.2) is 29.6 Å². The van der Waals surface area contributed by atoms with Crippen molar-refractivity contribution in [1.29, 1.82) is 0 Å². The molecule has 4 N–H and O–H groups in total. The van der Waals surface area contributed by atoms with Crippen molar-refractivity contribution < 1.29 is 43.2 Å². The molecule has 276 valence electrons. The molecule has 1 aliphatic carbocycles. The van der Waals surface area contributed by atoms with E-state index in [-0.39, 0.29) is 42.7 Å². The number of likely N-dealkylation sites (tertiary alicyclic amines) is 1. The monoisotopic (exact) mass is 717 g/mol. The molecule has 1 saturated heterocycles. The molecule has 50 heavy (non-hydrogen) atoms. The van der Waals surface area contributed by atoms with Crippen LogP contribution in [0.5, 0.6) is 5.75 Å². The molecular formula is C35H51N5O9S. The number of amides is 3. The first-order valence-electron chi connectivity index (χ1n) is 17.5. The van der Waals surface area contributed by atoms with Gasteiger partial charge in [-0.05, 0) is 57.7 Å². The van der Waals surface area contributed by atoms with Crippen LogP contribution in [0.25, 0.3) is 0 Å². The SMILES string of the molecule is CN[C@@H](C)C(=O)N[C@H](C(=O)N1CCC[C@H]1c1nc(C(=O)c2cccc(OCCOCCOCCOCCNC(=O)O)c2)cs1)C1CCCCC1. The summed E-state index contributed by atoms with van der Waals surface area (Å²) in [5, 5.41) is 19.2. The molecule has 14 nitrogen and oxygen atoms in total. The highest BCUT2D eigenvalue weighted by molar-refractivity contribution is 7.10. The molecule has 2 fully saturated rings. The van der Waals surface area contributed by atoms with Crippen molar-refractivity contribution >= 4 is 35.0 Å². The van der Waals surface area contributed by atoms with E-state index in [4.69, 9.17) is 29.0 Å². The summed E-state index contributed by atoms with van der Waals surface area (Å²) >= 11 is 1.39. The predicted molar refractivity (Wildman–Crippen MR) is 187 cm³/mol. The van der Waals surface area contributed by atoms with Crippen molar-refractivity contribution in [3.05, 3.63) is 45.9 Å². The van der Waals surface area contributed by atoms with Crippen molar-refractivity contribution in [2.45, 2.75) is 70.0 Å². The van der Waals surface area contributed by atoms with E-state index in [0.717, 1.165) is 50.0 Å². The van der Waals surface area contributed by atoms with Crippen LogP contribution in [0, 0.1) is 5.92 Å². The number of nitrogens with zero attached hydrogens (tertiary/aromatic N) is 2. The molecule has 15 heteroatoms. The molecule has 0 unspecified atom stereocenters. The number of carbonyl (C=O) groups excluding carboxylic acids is 3. The highest BCUT2D eigenvalue weighted by Gasteiger charge is 2.40. The van der Waals surface area contributed by atoms with Crippen LogP contribution in [0.1, 0.15) is 79.0 Å². The van der Waals surface area contributed by atoms with Gasteiger partial charge < -0.3 is 44.9 Å². The summed E-state index contributed by atoms with van der Waals surface area (Å²) in [6, 6.07) is 5.73. The van der Waals surface area contributed by atoms with Crippen LogP contribution < -0.4 is 20.7 Å². The Labute approximate surface area is 297 Å². The number of rotatable bonds is 21. The number of likely N-dealkylation sites (N-methyl/N-ethyl adjacent to an activating group) is 1. The van der Waals surface area contributed by atoms with Crippen LogP contribution in [-0.4, -0.2) is 117 Å². The molecule has 1 aromatic heterocycles. The molecule has 1 saturated carbocycles. The summed E-state index contributed by atoms with van der Waals surface area (Å²) in [5.41, 5.74) is 0.778. The third kappa shape index (κ3) is 12.0. The van der Waals surface area contributed by atoms with E-state index in [1.807, 2.05) is 4.90 Å². The number of ether oxygens (including phenoxy) is 4. The largest absolute Gasteiger partial charge is 0.491 e. The summed E-state index contributed by atoms with van der Waals surface area (Å²) < 4.78 is 22.0. The fraction of sp³-hybridized carbons (Fsp3) is 0.629. The Morgan fingerprint density at radius 1 is 0.960 bits per heavy atom. The number of carboxylic acid groups (broad SMARTS) is 1. The molecule has 2 aliphatic rings. The number of nitrogens with one attached hydrogen (secondary N) is 3. The molecule has 2 aromatic rings. The first-order valence-corrected chi connectivity index (χ1v) is 18.4. The first kappa shape index (κ1) is 39.2. The molecule has 3 amide bonds. The van der Waals surface area contributed by atoms with Crippen LogP contribution >= 0.6 is 11.3 Å². The smallest absolute Gasteiger partial charge is 0.404 e. The minimum absolute atomic E-state index is 0.0604. The minimum atomic E-state index is -1.08. The molecule has 0 radical (unpaired) electrons. The molecule has 3 atom stereocenters. The van der Waals surface area contributed by atoms with Gasteiger partial charge in [-0.3, -0.25) is 14.4 Å². The number of benzene rings is 1. The van der Waals surface area contributed by atoms with Gasteiger partial charge in [0.1, 0.15) is 29.1 Å². The number of carbonyl (C=O) groups is 4. The lowest BCUT2D eigenvalue weighted by Crippen LogP contribution is -2.55. The second-order valence-corrected chi connectivity index (χ2v) is 13.3. The normalized spacial score (nSPS) is 17.6. The van der Waals surface area contributed by atoms with Crippen LogP contribution in [0.2, 0.25) is 0 Å². The summed E-state index contributed by atoms with van der Waals surface area (Å²) in [7, 11) is 1.73. The maximum atomic E-state index is 14.1. The first-order chi connectivity index (χ1) is 24.3. The highest BCUT2D eigenvalue weighted by Crippen LogP contribution is 2.36. The van der Waals surface area contributed by atoms with E-state index in [9.17, 15) is 19.2 Å². The minimum Gasteiger partial charge on any atom is -0.491 e. The van der Waals surface area contributed by atoms with Gasteiger partial charge in [0.25, 0.3) is 0 Å². The third-order valence-electron chi connectivity index (χ3n) is 8.95. The fourth-order valence-electron chi connectivity index (χ4n) is 6.13. The Bertz CT molecular complexity index is 1390. The van der Waals surface area contributed by atoms with Gasteiger partial charge in [0.15, 0.2) is 0 Å². The second kappa shape index (κ2) is 20.9. The lowest BCUT2D eigenvalue weighted by atomic mass is 9.83. The summed E-state index contributed by atoms with van der Waals surface area (Å²) in [6.07, 6.45) is 5.60.